The highest BCUT2D eigenvalue weighted by atomic mass is 15.3. The summed E-state index contributed by atoms with van der Waals surface area (Å²) in [6.45, 7) is 23.0. The third-order valence-electron chi connectivity index (χ3n) is 21.5. The molecule has 4 heteroatoms. The van der Waals surface area contributed by atoms with Crippen LogP contribution < -0.4 is 31.1 Å². The van der Waals surface area contributed by atoms with Gasteiger partial charge in [-0.2, -0.15) is 0 Å². The minimum absolute atomic E-state index is 0.0357. The van der Waals surface area contributed by atoms with E-state index in [-0.39, 0.29) is 34.0 Å². The molecule has 10 unspecified atom stereocenters. The molecule has 0 bridgehead atoms. The molecule has 64 heavy (non-hydrogen) atoms. The molecule has 11 atom stereocenters. The highest BCUT2D eigenvalue weighted by Crippen LogP contribution is 2.67. The molecule has 5 saturated carbocycles. The summed E-state index contributed by atoms with van der Waals surface area (Å²) in [4.78, 5) is 8.91. The zero-order valence-corrected chi connectivity index (χ0v) is 40.1. The topological polar surface area (TPSA) is 9.72 Å². The van der Waals surface area contributed by atoms with Gasteiger partial charge >= 0.3 is 0 Å². The fourth-order valence-electron chi connectivity index (χ4n) is 18.2. The van der Waals surface area contributed by atoms with Crippen molar-refractivity contribution in [2.45, 2.75) is 160 Å². The lowest BCUT2D eigenvalue weighted by atomic mass is 9.28. The smallest absolute Gasteiger partial charge is 0.252 e. The Kier molecular flexibility index (Phi) is 6.93. The first-order valence-electron chi connectivity index (χ1n) is 26.0. The van der Waals surface area contributed by atoms with Crippen molar-refractivity contribution in [1.82, 2.24) is 0 Å². The van der Waals surface area contributed by atoms with E-state index in [9.17, 15) is 0 Å². The highest BCUT2D eigenvalue weighted by Gasteiger charge is 2.62. The van der Waals surface area contributed by atoms with Gasteiger partial charge in [-0.15, -0.1) is 0 Å². The number of hydrogen-bond donors (Lipinski definition) is 0. The van der Waals surface area contributed by atoms with Gasteiger partial charge in [0.25, 0.3) is 6.71 Å². The molecule has 11 aliphatic rings. The van der Waals surface area contributed by atoms with Crippen molar-refractivity contribution in [2.75, 3.05) is 14.7 Å². The Labute approximate surface area is 383 Å². The predicted octanol–water partition coefficient (Wildman–Crippen LogP) is 12.5. The summed E-state index contributed by atoms with van der Waals surface area (Å²) < 4.78 is 0. The summed E-state index contributed by atoms with van der Waals surface area (Å²) in [5.41, 5.74) is 23.2. The van der Waals surface area contributed by atoms with Crippen molar-refractivity contribution < 1.29 is 0 Å². The molecule has 5 fully saturated rings. The Morgan fingerprint density at radius 2 is 1.31 bits per heavy atom. The normalized spacial score (nSPS) is 37.8. The van der Waals surface area contributed by atoms with Crippen LogP contribution in [0.2, 0.25) is 0 Å². The van der Waals surface area contributed by atoms with Crippen LogP contribution in [0.5, 0.6) is 0 Å². The fraction of sp³-hybridized carbons (Fsp3) is 0.533. The Hall–Kier alpha value is -4.18. The van der Waals surface area contributed by atoms with Gasteiger partial charge in [-0.25, -0.2) is 0 Å². The van der Waals surface area contributed by atoms with Gasteiger partial charge < -0.3 is 14.7 Å². The zero-order valence-electron chi connectivity index (χ0n) is 40.1. The van der Waals surface area contributed by atoms with E-state index in [0.29, 0.717) is 12.0 Å². The van der Waals surface area contributed by atoms with Crippen molar-refractivity contribution in [2.24, 2.45) is 41.4 Å². The first-order chi connectivity index (χ1) is 30.6. The Balaban J connectivity index is 1.04. The van der Waals surface area contributed by atoms with E-state index in [1.807, 2.05) is 0 Å². The second kappa shape index (κ2) is 11.7. The summed E-state index contributed by atoms with van der Waals surface area (Å²) in [7, 11) is 0. The first kappa shape index (κ1) is 38.0. The third-order valence-corrected chi connectivity index (χ3v) is 21.5. The molecule has 326 valence electrons. The lowest BCUT2D eigenvalue weighted by Gasteiger charge is -2.63. The van der Waals surface area contributed by atoms with Crippen LogP contribution in [0.15, 0.2) is 90.0 Å². The van der Waals surface area contributed by atoms with E-state index in [0.717, 1.165) is 35.5 Å². The standard InChI is InChI=1S/C60H68BN3/c1-33-22-34-23-35-24-37(51(34)35)27-48(33)62-46-16-12-14-42-53(46)61-54-43(57(42,5)6)15-13-17-47(54)64(58(7)31-38-25-36-26-39(32-58)52(36)38)50-30-41(29-49(62)55(50)61)63-45-19-18-40(56(2,3)4)28-44(45)59(8)20-10-11-21-60(59,63)9/h12-19,22,28-31,33,35-37,39,48,51-52H,10-11,20-21,23-27,32H2,1-9H3/t33?,35?,36?,37?,39?,48?,51?,52-,58?,59?,60?/m1/s1. The van der Waals surface area contributed by atoms with Crippen LogP contribution in [0.4, 0.5) is 34.1 Å². The molecule has 0 aromatic heterocycles. The molecule has 4 aliphatic heterocycles. The average Bonchev–Trinajstić information content (AvgIpc) is 3.44. The van der Waals surface area contributed by atoms with Crippen LogP contribution in [0.25, 0.3) is 0 Å². The van der Waals surface area contributed by atoms with E-state index in [1.54, 1.807) is 38.7 Å². The second-order valence-electron chi connectivity index (χ2n) is 25.9. The largest absolute Gasteiger partial charge is 0.339 e. The van der Waals surface area contributed by atoms with Gasteiger partial charge in [0, 0.05) is 51.0 Å². The SMILES string of the molecule is CC1C=C2CC3CC(CC1N1c4cc(N5c6ccc(C(C)(C)C)cc6C6(C)CCCCC56C)cc5c4B4c6c1cccc6C(C)(C)c1cccc(c14)N5C1(C)C=C4CC5CC(C1)[C@@H]45)C23. The van der Waals surface area contributed by atoms with Crippen molar-refractivity contribution in [3.05, 3.63) is 112 Å². The number of allylic oxidation sites excluding steroid dienone is 2. The molecule has 0 radical (unpaired) electrons. The number of nitrogens with zero attached hydrogens (tertiary/aromatic N) is 3. The predicted molar refractivity (Wildman–Crippen MR) is 268 cm³/mol. The number of anilines is 6. The van der Waals surface area contributed by atoms with Gasteiger partial charge in [0.15, 0.2) is 0 Å². The van der Waals surface area contributed by atoms with E-state index in [4.69, 9.17) is 0 Å². The number of fused-ring (bicyclic) bond motifs is 3. The zero-order chi connectivity index (χ0) is 43.4. The summed E-state index contributed by atoms with van der Waals surface area (Å²) in [5.74, 6) is 5.72. The quantitative estimate of drug-likeness (QED) is 0.150. The van der Waals surface area contributed by atoms with Gasteiger partial charge in [0.05, 0.1) is 11.1 Å². The molecule has 4 aromatic rings. The van der Waals surface area contributed by atoms with Crippen molar-refractivity contribution >= 4 is 57.2 Å². The molecule has 0 saturated heterocycles. The molecular formula is C60H68BN3. The molecule has 0 spiro atoms. The lowest BCUT2D eigenvalue weighted by molar-refractivity contribution is 0.00878. The minimum Gasteiger partial charge on any atom is -0.339 e. The Bertz CT molecular complexity index is 2870. The summed E-state index contributed by atoms with van der Waals surface area (Å²) >= 11 is 0. The van der Waals surface area contributed by atoms with Gasteiger partial charge in [0.1, 0.15) is 0 Å². The molecule has 4 heterocycles. The third kappa shape index (κ3) is 4.28. The van der Waals surface area contributed by atoms with Gasteiger partial charge in [0.2, 0.25) is 0 Å². The maximum atomic E-state index is 3.01. The number of rotatable bonds is 3. The highest BCUT2D eigenvalue weighted by molar-refractivity contribution is 7.01. The second-order valence-corrected chi connectivity index (χ2v) is 25.9. The van der Waals surface area contributed by atoms with Crippen LogP contribution in [0.3, 0.4) is 0 Å². The van der Waals surface area contributed by atoms with Crippen LogP contribution in [0.1, 0.15) is 149 Å². The number of benzene rings is 4. The van der Waals surface area contributed by atoms with E-state index >= 15 is 0 Å². The fourth-order valence-corrected chi connectivity index (χ4v) is 18.2. The minimum atomic E-state index is -0.103. The van der Waals surface area contributed by atoms with Gasteiger partial charge in [-0.1, -0.05) is 121 Å². The van der Waals surface area contributed by atoms with Crippen molar-refractivity contribution in [1.29, 1.82) is 0 Å². The summed E-state index contributed by atoms with van der Waals surface area (Å²) in [6.07, 6.45) is 18.7. The molecular weight excluding hydrogens is 773 g/mol. The molecule has 7 aliphatic carbocycles. The average molecular weight is 842 g/mol. The molecule has 15 rings (SSSR count). The van der Waals surface area contributed by atoms with Crippen molar-refractivity contribution in [3.63, 3.8) is 0 Å². The lowest BCUT2D eigenvalue weighted by Crippen LogP contribution is -2.70. The monoisotopic (exact) mass is 842 g/mol. The van der Waals surface area contributed by atoms with Crippen LogP contribution in [-0.2, 0) is 16.2 Å². The van der Waals surface area contributed by atoms with E-state index < -0.39 is 0 Å². The van der Waals surface area contributed by atoms with Crippen LogP contribution >= 0.6 is 0 Å². The maximum Gasteiger partial charge on any atom is 0.252 e. The Morgan fingerprint density at radius 1 is 0.625 bits per heavy atom. The summed E-state index contributed by atoms with van der Waals surface area (Å²) in [5, 5.41) is 0. The first-order valence-corrected chi connectivity index (χ1v) is 26.0. The molecule has 0 amide bonds. The van der Waals surface area contributed by atoms with Crippen molar-refractivity contribution in [3.8, 4) is 0 Å². The Morgan fingerprint density at radius 3 is 2.06 bits per heavy atom. The molecule has 0 N–H and O–H groups in total. The summed E-state index contributed by atoms with van der Waals surface area (Å²) in [6, 6.07) is 28.6. The van der Waals surface area contributed by atoms with Crippen LogP contribution in [0, 0.1) is 41.4 Å². The number of hydrogen-bond acceptors (Lipinski definition) is 3. The van der Waals surface area contributed by atoms with E-state index in [2.05, 4.69) is 156 Å². The van der Waals surface area contributed by atoms with Crippen LogP contribution in [-0.4, -0.2) is 23.8 Å². The van der Waals surface area contributed by atoms with E-state index in [1.165, 1.54) is 109 Å². The molecule has 4 aromatic carbocycles. The maximum absolute atomic E-state index is 3.01. The molecule has 3 nitrogen and oxygen atoms in total. The van der Waals surface area contributed by atoms with Gasteiger partial charge in [-0.05, 0) is 181 Å². The van der Waals surface area contributed by atoms with Gasteiger partial charge in [-0.3, -0.25) is 0 Å².